The Labute approximate surface area is 105 Å². The molecular formula is C9H17N3O3S2. The van der Waals surface area contributed by atoms with Crippen molar-refractivity contribution in [3.8, 4) is 0 Å². The number of hydrogen-bond donors (Lipinski definition) is 3. The number of thioether (sulfide) groups is 1. The van der Waals surface area contributed by atoms with Crippen LogP contribution < -0.4 is 4.72 Å². The second-order valence-electron chi connectivity index (χ2n) is 3.77. The number of nitrogens with one attached hydrogen (secondary N) is 2. The average molecular weight is 279 g/mol. The zero-order valence-electron chi connectivity index (χ0n) is 10.0. The maximum Gasteiger partial charge on any atom is 0.260 e. The van der Waals surface area contributed by atoms with E-state index in [1.165, 1.54) is 0 Å². The van der Waals surface area contributed by atoms with Crippen LogP contribution >= 0.6 is 11.8 Å². The van der Waals surface area contributed by atoms with Gasteiger partial charge in [-0.05, 0) is 20.1 Å². The van der Waals surface area contributed by atoms with Gasteiger partial charge in [-0.3, -0.25) is 5.10 Å². The van der Waals surface area contributed by atoms with Gasteiger partial charge in [-0.1, -0.05) is 0 Å². The molecule has 1 aromatic rings. The molecule has 1 aromatic heterocycles. The molecule has 0 spiro atoms. The Morgan fingerprint density at radius 3 is 2.76 bits per heavy atom. The maximum atomic E-state index is 12.0. The Balaban J connectivity index is 2.97. The molecule has 1 rings (SSSR count). The molecule has 6 nitrogen and oxygen atoms in total. The summed E-state index contributed by atoms with van der Waals surface area (Å²) in [6.07, 6.45) is 1.91. The van der Waals surface area contributed by atoms with Gasteiger partial charge >= 0.3 is 0 Å². The van der Waals surface area contributed by atoms with Gasteiger partial charge in [0.25, 0.3) is 10.0 Å². The van der Waals surface area contributed by atoms with E-state index in [9.17, 15) is 8.42 Å². The van der Waals surface area contributed by atoms with Gasteiger partial charge < -0.3 is 5.11 Å². The fourth-order valence-electron chi connectivity index (χ4n) is 1.44. The van der Waals surface area contributed by atoms with Crippen LogP contribution in [-0.4, -0.2) is 41.8 Å². The monoisotopic (exact) mass is 279 g/mol. The first-order chi connectivity index (χ1) is 7.92. The smallest absolute Gasteiger partial charge is 0.260 e. The van der Waals surface area contributed by atoms with E-state index >= 15 is 0 Å². The minimum Gasteiger partial charge on any atom is -0.392 e. The largest absolute Gasteiger partial charge is 0.392 e. The van der Waals surface area contributed by atoms with Gasteiger partial charge in [0.1, 0.15) is 0 Å². The number of nitrogens with zero attached hydrogens (tertiary/aromatic N) is 1. The standard InChI is InChI=1S/C9H17N3O3S2/c1-6(5-16-3)12-17(14,15)9-8(4-13)7(2)10-11-9/h6,12-13H,4-5H2,1-3H3,(H,10,11). The number of rotatable bonds is 6. The van der Waals surface area contributed by atoms with Crippen molar-refractivity contribution in [1.29, 1.82) is 0 Å². The Hall–Kier alpha value is -0.570. The van der Waals surface area contributed by atoms with Crippen molar-refractivity contribution >= 4 is 21.8 Å². The van der Waals surface area contributed by atoms with Gasteiger partial charge in [-0.15, -0.1) is 0 Å². The second-order valence-corrected chi connectivity index (χ2v) is 6.31. The number of hydrogen-bond acceptors (Lipinski definition) is 5. The number of aryl methyl sites for hydroxylation is 1. The molecule has 0 aliphatic carbocycles. The van der Waals surface area contributed by atoms with E-state index in [1.807, 2.05) is 6.26 Å². The van der Waals surface area contributed by atoms with E-state index in [0.29, 0.717) is 17.0 Å². The van der Waals surface area contributed by atoms with Crippen LogP contribution in [0.4, 0.5) is 0 Å². The summed E-state index contributed by atoms with van der Waals surface area (Å²) in [6.45, 7) is 3.10. The summed E-state index contributed by atoms with van der Waals surface area (Å²) < 4.78 is 26.5. The molecule has 0 aliphatic rings. The summed E-state index contributed by atoms with van der Waals surface area (Å²) in [5.41, 5.74) is 0.874. The molecule has 1 unspecified atom stereocenters. The second kappa shape index (κ2) is 5.85. The van der Waals surface area contributed by atoms with E-state index in [1.54, 1.807) is 25.6 Å². The molecule has 0 amide bonds. The molecule has 17 heavy (non-hydrogen) atoms. The van der Waals surface area contributed by atoms with Crippen molar-refractivity contribution in [1.82, 2.24) is 14.9 Å². The molecule has 0 fully saturated rings. The predicted octanol–water partition coefficient (Wildman–Crippen LogP) is 0.240. The first-order valence-corrected chi connectivity index (χ1v) is 7.96. The zero-order valence-corrected chi connectivity index (χ0v) is 11.7. The fraction of sp³-hybridized carbons (Fsp3) is 0.667. The van der Waals surface area contributed by atoms with Gasteiger partial charge in [0, 0.05) is 23.1 Å². The molecule has 98 valence electrons. The van der Waals surface area contributed by atoms with Crippen molar-refractivity contribution in [2.45, 2.75) is 31.5 Å². The summed E-state index contributed by atoms with van der Waals surface area (Å²) in [5.74, 6) is 0.678. The minimum atomic E-state index is -3.67. The molecule has 1 atom stereocenters. The third-order valence-electron chi connectivity index (χ3n) is 2.22. The SMILES string of the molecule is CSCC(C)NS(=O)(=O)c1n[nH]c(C)c1CO. The first kappa shape index (κ1) is 14.5. The molecule has 3 N–H and O–H groups in total. The lowest BCUT2D eigenvalue weighted by atomic mass is 10.3. The molecule has 0 aliphatic heterocycles. The molecule has 0 aromatic carbocycles. The van der Waals surface area contributed by atoms with Crippen molar-refractivity contribution in [3.63, 3.8) is 0 Å². The zero-order chi connectivity index (χ0) is 13.1. The van der Waals surface area contributed by atoms with E-state index in [4.69, 9.17) is 5.11 Å². The summed E-state index contributed by atoms with van der Waals surface area (Å²) in [5, 5.41) is 15.3. The van der Waals surface area contributed by atoms with Gasteiger partial charge in [0.15, 0.2) is 5.03 Å². The Kier molecular flexibility index (Phi) is 4.99. The highest BCUT2D eigenvalue weighted by Gasteiger charge is 2.24. The van der Waals surface area contributed by atoms with Crippen LogP contribution in [0.3, 0.4) is 0 Å². The number of aromatic nitrogens is 2. The van der Waals surface area contributed by atoms with E-state index in [-0.39, 0.29) is 17.7 Å². The third kappa shape index (κ3) is 3.44. The van der Waals surface area contributed by atoms with Crippen LogP contribution in [-0.2, 0) is 16.6 Å². The molecule has 1 heterocycles. The lowest BCUT2D eigenvalue weighted by Gasteiger charge is -2.12. The van der Waals surface area contributed by atoms with Crippen LogP contribution in [0.15, 0.2) is 5.03 Å². The lowest BCUT2D eigenvalue weighted by molar-refractivity contribution is 0.277. The number of aliphatic hydroxyl groups is 1. The number of sulfonamides is 1. The van der Waals surface area contributed by atoms with Crippen LogP contribution in [0, 0.1) is 6.92 Å². The van der Waals surface area contributed by atoms with Crippen LogP contribution in [0.2, 0.25) is 0 Å². The van der Waals surface area contributed by atoms with E-state index < -0.39 is 10.0 Å². The predicted molar refractivity (Wildman–Crippen MR) is 67.4 cm³/mol. The van der Waals surface area contributed by atoms with Crippen LogP contribution in [0.25, 0.3) is 0 Å². The Morgan fingerprint density at radius 2 is 2.24 bits per heavy atom. The van der Waals surface area contributed by atoms with Gasteiger partial charge in [-0.2, -0.15) is 16.9 Å². The average Bonchev–Trinajstić information content (AvgIpc) is 2.59. The summed E-state index contributed by atoms with van der Waals surface area (Å²) >= 11 is 1.56. The molecular weight excluding hydrogens is 262 g/mol. The van der Waals surface area contributed by atoms with Crippen molar-refractivity contribution in [2.75, 3.05) is 12.0 Å². The fourth-order valence-corrected chi connectivity index (χ4v) is 3.56. The topological polar surface area (TPSA) is 95.1 Å². The van der Waals surface area contributed by atoms with Gasteiger partial charge in [-0.25, -0.2) is 13.1 Å². The summed E-state index contributed by atoms with van der Waals surface area (Å²) in [4.78, 5) is 0. The maximum absolute atomic E-state index is 12.0. The van der Waals surface area contributed by atoms with Crippen LogP contribution in [0.1, 0.15) is 18.2 Å². The molecule has 8 heteroatoms. The number of H-pyrrole nitrogens is 1. The first-order valence-electron chi connectivity index (χ1n) is 5.08. The summed E-state index contributed by atoms with van der Waals surface area (Å²) in [6, 6.07) is -0.182. The van der Waals surface area contributed by atoms with Gasteiger partial charge in [0.05, 0.1) is 6.61 Å². The molecule has 0 radical (unpaired) electrons. The highest BCUT2D eigenvalue weighted by molar-refractivity contribution is 7.98. The lowest BCUT2D eigenvalue weighted by Crippen LogP contribution is -2.34. The van der Waals surface area contributed by atoms with Crippen molar-refractivity contribution in [2.24, 2.45) is 0 Å². The Morgan fingerprint density at radius 1 is 1.59 bits per heavy atom. The summed E-state index contributed by atoms with van der Waals surface area (Å²) in [7, 11) is -3.67. The quantitative estimate of drug-likeness (QED) is 0.693. The van der Waals surface area contributed by atoms with Crippen molar-refractivity contribution < 1.29 is 13.5 Å². The molecule has 0 saturated carbocycles. The highest BCUT2D eigenvalue weighted by Crippen LogP contribution is 2.16. The Bertz CT molecular complexity index is 470. The number of aromatic amines is 1. The van der Waals surface area contributed by atoms with Gasteiger partial charge in [0.2, 0.25) is 0 Å². The van der Waals surface area contributed by atoms with E-state index in [0.717, 1.165) is 0 Å². The van der Waals surface area contributed by atoms with Crippen molar-refractivity contribution in [3.05, 3.63) is 11.3 Å². The normalized spacial score (nSPS) is 13.9. The molecule has 0 bridgehead atoms. The van der Waals surface area contributed by atoms with Crippen LogP contribution in [0.5, 0.6) is 0 Å². The molecule has 0 saturated heterocycles. The minimum absolute atomic E-state index is 0.120. The third-order valence-corrected chi connectivity index (χ3v) is 4.61. The number of aliphatic hydroxyl groups excluding tert-OH is 1. The van der Waals surface area contributed by atoms with E-state index in [2.05, 4.69) is 14.9 Å². The highest BCUT2D eigenvalue weighted by atomic mass is 32.2.